The number of β-lactam (4-membered cyclic amide) rings is 1. The van der Waals surface area contributed by atoms with Crippen LogP contribution in [0.5, 0.6) is 5.75 Å². The maximum atomic E-state index is 13.4. The second kappa shape index (κ2) is 12.2. The van der Waals surface area contributed by atoms with Crippen LogP contribution in [-0.2, 0) is 35.1 Å². The molecule has 3 aliphatic rings. The van der Waals surface area contributed by atoms with E-state index in [-0.39, 0.29) is 54.6 Å². The van der Waals surface area contributed by atoms with Gasteiger partial charge in [0.2, 0.25) is 5.91 Å². The van der Waals surface area contributed by atoms with Crippen LogP contribution in [-0.4, -0.2) is 75.8 Å². The number of esters is 1. The summed E-state index contributed by atoms with van der Waals surface area (Å²) < 4.78 is 15.8. The number of aliphatic carboxylic acids is 1. The standard InChI is InChI=1S/C25H29N3O9S.Na.H/c1-12(29)36-10-15-11-38-22-18(21(31)28(22)19(15)23(32)33)26-20(30)17(27-24(34)37-25(2,3)4)14-5-6-16-13(9-14)7-8-35-16;;/h5-6,9,17-18,22H,7-8,10-11H2,1-4H3,(H,26,30)(H,27,34)(H,32,33);;/q;+1;-1. The maximum Gasteiger partial charge on any atom is 1.00 e. The summed E-state index contributed by atoms with van der Waals surface area (Å²) >= 11 is 1.24. The fourth-order valence-corrected chi connectivity index (χ4v) is 5.66. The van der Waals surface area contributed by atoms with Crippen molar-refractivity contribution in [1.82, 2.24) is 15.5 Å². The average molecular weight is 572 g/mol. The second-order valence-corrected chi connectivity index (χ2v) is 11.1. The van der Waals surface area contributed by atoms with Gasteiger partial charge in [-0.15, -0.1) is 11.8 Å². The predicted molar refractivity (Wildman–Crippen MR) is 135 cm³/mol. The number of ether oxygens (including phenoxy) is 3. The summed E-state index contributed by atoms with van der Waals surface area (Å²) in [5.74, 6) is -2.28. The van der Waals surface area contributed by atoms with Crippen molar-refractivity contribution in [3.05, 3.63) is 40.6 Å². The number of thioether (sulfide) groups is 1. The SMILES string of the molecule is CC(=O)OCC1=C(C(=O)O)N2C(=O)C(NC(=O)C(NC(=O)OC(C)(C)C)c3ccc4c(c3)CCO4)C2SC1.[H-].[Na+]. The van der Waals surface area contributed by atoms with E-state index in [0.717, 1.165) is 10.5 Å². The van der Waals surface area contributed by atoms with Crippen LogP contribution in [0, 0.1) is 0 Å². The second-order valence-electron chi connectivity index (χ2n) is 9.98. The van der Waals surface area contributed by atoms with Gasteiger partial charge in [-0.2, -0.15) is 0 Å². The number of hydrogen-bond donors (Lipinski definition) is 3. The smallest absolute Gasteiger partial charge is 1.00 e. The van der Waals surface area contributed by atoms with Crippen LogP contribution in [0.2, 0.25) is 0 Å². The molecular weight excluding hydrogens is 541 g/mol. The summed E-state index contributed by atoms with van der Waals surface area (Å²) in [6.07, 6.45) is -0.159. The fourth-order valence-electron chi connectivity index (χ4n) is 4.33. The first-order valence-electron chi connectivity index (χ1n) is 11.9. The van der Waals surface area contributed by atoms with Crippen LogP contribution in [0.15, 0.2) is 29.5 Å². The number of hydrogen-bond acceptors (Lipinski definition) is 9. The third kappa shape index (κ3) is 6.89. The Hall–Kier alpha value is -2.74. The molecule has 0 bridgehead atoms. The van der Waals surface area contributed by atoms with Crippen molar-refractivity contribution >= 4 is 41.6 Å². The zero-order chi connectivity index (χ0) is 27.8. The Morgan fingerprint density at radius 2 is 2.00 bits per heavy atom. The van der Waals surface area contributed by atoms with Crippen LogP contribution in [0.4, 0.5) is 4.79 Å². The fraction of sp³-hybridized carbons (Fsp3) is 0.480. The van der Waals surface area contributed by atoms with Gasteiger partial charge in [-0.25, -0.2) is 9.59 Å². The average Bonchev–Trinajstić information content (AvgIpc) is 3.30. The van der Waals surface area contributed by atoms with Crippen molar-refractivity contribution in [2.24, 2.45) is 0 Å². The number of carboxylic acid groups (broad SMARTS) is 1. The van der Waals surface area contributed by atoms with E-state index in [1.54, 1.807) is 39.0 Å². The monoisotopic (exact) mass is 571 g/mol. The van der Waals surface area contributed by atoms with Gasteiger partial charge in [0.25, 0.3) is 5.91 Å². The number of benzene rings is 1. The number of carbonyl (C=O) groups is 5. The van der Waals surface area contributed by atoms with Crippen LogP contribution >= 0.6 is 11.8 Å². The Morgan fingerprint density at radius 3 is 2.64 bits per heavy atom. The molecule has 1 saturated heterocycles. The van der Waals surface area contributed by atoms with Crippen LogP contribution in [0.3, 0.4) is 0 Å². The third-order valence-electron chi connectivity index (χ3n) is 5.97. The van der Waals surface area contributed by atoms with Gasteiger partial charge in [0, 0.05) is 24.7 Å². The van der Waals surface area contributed by atoms with Crippen LogP contribution in [0.25, 0.3) is 0 Å². The summed E-state index contributed by atoms with van der Waals surface area (Å²) in [6, 6.07) is 2.94. The van der Waals surface area contributed by atoms with E-state index in [4.69, 9.17) is 14.2 Å². The van der Waals surface area contributed by atoms with Gasteiger partial charge < -0.3 is 31.4 Å². The number of carbonyl (C=O) groups excluding carboxylic acids is 4. The molecule has 3 N–H and O–H groups in total. The first-order chi connectivity index (χ1) is 17.9. The maximum absolute atomic E-state index is 13.4. The molecule has 0 aromatic heterocycles. The van der Waals surface area contributed by atoms with Gasteiger partial charge >= 0.3 is 47.6 Å². The van der Waals surface area contributed by atoms with Crippen molar-refractivity contribution < 1.29 is 74.3 Å². The predicted octanol–water partition coefficient (Wildman–Crippen LogP) is -1.39. The first kappa shape index (κ1) is 30.8. The molecule has 3 unspecified atom stereocenters. The molecule has 39 heavy (non-hydrogen) atoms. The van der Waals surface area contributed by atoms with Crippen molar-refractivity contribution in [1.29, 1.82) is 0 Å². The minimum absolute atomic E-state index is 0. The van der Waals surface area contributed by atoms with Crippen molar-refractivity contribution in [2.75, 3.05) is 19.0 Å². The van der Waals surface area contributed by atoms with Gasteiger partial charge in [-0.3, -0.25) is 19.3 Å². The Bertz CT molecular complexity index is 1240. The van der Waals surface area contributed by atoms with Crippen LogP contribution < -0.4 is 44.9 Å². The van der Waals surface area contributed by atoms with Gasteiger partial charge in [0.05, 0.1) is 6.61 Å². The normalized spacial score (nSPS) is 20.3. The number of amides is 3. The Kier molecular flexibility index (Phi) is 9.63. The number of fused-ring (bicyclic) bond motifs is 2. The van der Waals surface area contributed by atoms with Crippen molar-refractivity contribution in [2.45, 2.75) is 57.2 Å². The molecule has 0 radical (unpaired) electrons. The minimum atomic E-state index is -1.33. The summed E-state index contributed by atoms with van der Waals surface area (Å²) in [4.78, 5) is 63.2. The molecule has 3 heterocycles. The molecule has 3 atom stereocenters. The number of carboxylic acids is 1. The molecule has 0 spiro atoms. The number of alkyl carbamates (subject to hydrolysis) is 1. The van der Waals surface area contributed by atoms with E-state index < -0.39 is 52.9 Å². The largest absolute Gasteiger partial charge is 1.00 e. The van der Waals surface area contributed by atoms with E-state index in [0.29, 0.717) is 24.3 Å². The molecule has 1 aromatic rings. The van der Waals surface area contributed by atoms with Gasteiger partial charge in [-0.1, -0.05) is 6.07 Å². The summed E-state index contributed by atoms with van der Waals surface area (Å²) in [5, 5.41) is 14.3. The van der Waals surface area contributed by atoms with E-state index in [1.807, 2.05) is 0 Å². The van der Waals surface area contributed by atoms with Crippen molar-refractivity contribution in [3.63, 3.8) is 0 Å². The molecule has 0 aliphatic carbocycles. The molecule has 1 aromatic carbocycles. The van der Waals surface area contributed by atoms with Gasteiger partial charge in [0.15, 0.2) is 0 Å². The van der Waals surface area contributed by atoms with Crippen molar-refractivity contribution in [3.8, 4) is 5.75 Å². The molecule has 1 fully saturated rings. The van der Waals surface area contributed by atoms with Gasteiger partial charge in [-0.05, 0) is 44.0 Å². The Morgan fingerprint density at radius 1 is 1.28 bits per heavy atom. The Labute approximate surface area is 252 Å². The van der Waals surface area contributed by atoms with Crippen LogP contribution in [0.1, 0.15) is 46.3 Å². The molecule has 0 saturated carbocycles. The summed E-state index contributed by atoms with van der Waals surface area (Å²) in [6.45, 7) is 6.55. The quantitative estimate of drug-likeness (QED) is 0.202. The molecule has 206 valence electrons. The Balaban J connectivity index is 0.00000280. The zero-order valence-corrected chi connectivity index (χ0v) is 25.2. The summed E-state index contributed by atoms with van der Waals surface area (Å²) in [7, 11) is 0. The zero-order valence-electron chi connectivity index (χ0n) is 23.4. The van der Waals surface area contributed by atoms with Gasteiger partial charge in [0.1, 0.15) is 41.1 Å². The molecule has 3 aliphatic heterocycles. The van der Waals surface area contributed by atoms with E-state index in [1.165, 1.54) is 18.7 Å². The van der Waals surface area contributed by atoms with E-state index in [9.17, 15) is 29.1 Å². The third-order valence-corrected chi connectivity index (χ3v) is 7.31. The van der Waals surface area contributed by atoms with E-state index in [2.05, 4.69) is 10.6 Å². The molecule has 3 amide bonds. The topological polar surface area (TPSA) is 161 Å². The number of nitrogens with one attached hydrogen (secondary N) is 2. The number of nitrogens with zero attached hydrogens (tertiary/aromatic N) is 1. The molecular formula is C25H30N3NaO9S. The minimum Gasteiger partial charge on any atom is -1.00 e. The van der Waals surface area contributed by atoms with E-state index >= 15 is 0 Å². The number of rotatable bonds is 7. The summed E-state index contributed by atoms with van der Waals surface area (Å²) in [5.41, 5.74) is 0.594. The first-order valence-corrected chi connectivity index (χ1v) is 13.0. The molecule has 14 heteroatoms. The molecule has 4 rings (SSSR count). The molecule has 12 nitrogen and oxygen atoms in total.